The molecule has 1 aliphatic rings. The van der Waals surface area contributed by atoms with Gasteiger partial charge in [0.25, 0.3) is 5.91 Å². The van der Waals surface area contributed by atoms with Crippen molar-refractivity contribution in [3.05, 3.63) is 24.3 Å². The maximum Gasteiger partial charge on any atom is 0.306 e. The monoisotopic (exact) mass is 369 g/mol. The lowest BCUT2D eigenvalue weighted by Gasteiger charge is -2.10. The number of carbonyl (C=O) groups excluding carboxylic acids is 2. The number of ether oxygens (including phenoxy) is 2. The van der Waals surface area contributed by atoms with Gasteiger partial charge in [0.2, 0.25) is 0 Å². The molecule has 0 saturated carbocycles. The highest BCUT2D eigenvalue weighted by Gasteiger charge is 2.16. The van der Waals surface area contributed by atoms with E-state index in [1.165, 1.54) is 19.3 Å². The van der Waals surface area contributed by atoms with Crippen LogP contribution >= 0.6 is 21.6 Å². The van der Waals surface area contributed by atoms with Gasteiger partial charge in [-0.25, -0.2) is 0 Å². The predicted octanol–water partition coefficient (Wildman–Crippen LogP) is 3.89. The number of anilines is 1. The van der Waals surface area contributed by atoms with E-state index in [-0.39, 0.29) is 18.5 Å². The van der Waals surface area contributed by atoms with Gasteiger partial charge in [-0.3, -0.25) is 9.59 Å². The molecule has 1 aliphatic heterocycles. The van der Waals surface area contributed by atoms with E-state index < -0.39 is 0 Å². The number of methoxy groups -OCH3 is 1. The first kappa shape index (κ1) is 19.0. The van der Waals surface area contributed by atoms with E-state index in [1.54, 1.807) is 18.2 Å². The molecule has 1 amide bonds. The Morgan fingerprint density at radius 3 is 2.88 bits per heavy atom. The van der Waals surface area contributed by atoms with Crippen LogP contribution in [0.4, 0.5) is 5.69 Å². The van der Waals surface area contributed by atoms with Crippen LogP contribution in [-0.4, -0.2) is 36.6 Å². The number of rotatable bonds is 9. The zero-order valence-corrected chi connectivity index (χ0v) is 15.4. The van der Waals surface area contributed by atoms with E-state index in [0.717, 1.165) is 24.5 Å². The van der Waals surface area contributed by atoms with Crippen LogP contribution < -0.4 is 10.1 Å². The third kappa shape index (κ3) is 6.65. The van der Waals surface area contributed by atoms with Gasteiger partial charge in [0.05, 0.1) is 12.8 Å². The van der Waals surface area contributed by atoms with Crippen molar-refractivity contribution in [2.75, 3.05) is 24.8 Å². The van der Waals surface area contributed by atoms with Crippen LogP contribution in [-0.2, 0) is 14.3 Å². The van der Waals surface area contributed by atoms with Gasteiger partial charge in [-0.15, -0.1) is 0 Å². The van der Waals surface area contributed by atoms with Crippen LogP contribution in [0.5, 0.6) is 5.75 Å². The highest BCUT2D eigenvalue weighted by atomic mass is 33.1. The standard InChI is InChI=1S/C17H23NO4S2/c1-21-15-8-4-3-7-14(15)18-16(19)12-22-17(20)9-5-2-6-13-10-11-23-24-13/h3-4,7-8,13H,2,5-6,9-12H2,1H3,(H,18,19)/t13-/m1/s1. The molecular formula is C17H23NO4S2. The summed E-state index contributed by atoms with van der Waals surface area (Å²) in [4.78, 5) is 23.5. The van der Waals surface area contributed by atoms with Crippen LogP contribution in [0.2, 0.25) is 0 Å². The molecule has 0 aromatic heterocycles. The van der Waals surface area contributed by atoms with Crippen molar-refractivity contribution in [2.24, 2.45) is 0 Å². The average molecular weight is 370 g/mol. The molecule has 1 heterocycles. The highest BCUT2D eigenvalue weighted by Crippen LogP contribution is 2.39. The molecule has 2 rings (SSSR count). The lowest BCUT2D eigenvalue weighted by Crippen LogP contribution is -2.21. The van der Waals surface area contributed by atoms with Gasteiger partial charge in [-0.2, -0.15) is 0 Å². The smallest absolute Gasteiger partial charge is 0.306 e. The number of hydrogen-bond donors (Lipinski definition) is 1. The van der Waals surface area contributed by atoms with Crippen molar-refractivity contribution in [3.8, 4) is 5.75 Å². The van der Waals surface area contributed by atoms with E-state index in [9.17, 15) is 9.59 Å². The molecule has 1 N–H and O–H groups in total. The summed E-state index contributed by atoms with van der Waals surface area (Å²) in [5, 5.41) is 3.41. The van der Waals surface area contributed by atoms with E-state index in [4.69, 9.17) is 9.47 Å². The number of amides is 1. The van der Waals surface area contributed by atoms with Crippen LogP contribution in [0.1, 0.15) is 32.1 Å². The Balaban J connectivity index is 1.59. The molecule has 0 bridgehead atoms. The first-order chi connectivity index (χ1) is 11.7. The van der Waals surface area contributed by atoms with Crippen molar-refractivity contribution < 1.29 is 19.1 Å². The molecule has 1 fully saturated rings. The SMILES string of the molecule is COc1ccccc1NC(=O)COC(=O)CCCC[C@@H]1CCSS1. The lowest BCUT2D eigenvalue weighted by molar-refractivity contribution is -0.147. The highest BCUT2D eigenvalue weighted by molar-refractivity contribution is 8.77. The molecule has 1 atom stereocenters. The minimum atomic E-state index is -0.368. The molecule has 24 heavy (non-hydrogen) atoms. The van der Waals surface area contributed by atoms with Crippen LogP contribution in [0.25, 0.3) is 0 Å². The molecule has 1 aromatic carbocycles. The molecule has 7 heteroatoms. The minimum Gasteiger partial charge on any atom is -0.495 e. The molecule has 5 nitrogen and oxygen atoms in total. The summed E-state index contributed by atoms with van der Waals surface area (Å²) in [6.07, 6.45) is 4.63. The molecule has 1 aromatic rings. The van der Waals surface area contributed by atoms with Gasteiger partial charge >= 0.3 is 5.97 Å². The quantitative estimate of drug-likeness (QED) is 0.405. The first-order valence-electron chi connectivity index (χ1n) is 8.06. The maximum absolute atomic E-state index is 11.8. The Labute approximate surface area is 150 Å². The van der Waals surface area contributed by atoms with Crippen molar-refractivity contribution in [2.45, 2.75) is 37.4 Å². The van der Waals surface area contributed by atoms with Crippen molar-refractivity contribution in [1.29, 1.82) is 0 Å². The fourth-order valence-corrected chi connectivity index (χ4v) is 5.39. The van der Waals surface area contributed by atoms with Crippen molar-refractivity contribution in [3.63, 3.8) is 0 Å². The van der Waals surface area contributed by atoms with Gasteiger partial charge in [-0.1, -0.05) is 40.1 Å². The molecule has 0 spiro atoms. The van der Waals surface area contributed by atoms with E-state index in [1.807, 2.05) is 27.7 Å². The van der Waals surface area contributed by atoms with Gasteiger partial charge in [0, 0.05) is 17.4 Å². The van der Waals surface area contributed by atoms with Crippen LogP contribution in [0.15, 0.2) is 24.3 Å². The van der Waals surface area contributed by atoms with Crippen molar-refractivity contribution in [1.82, 2.24) is 0 Å². The normalized spacial score (nSPS) is 16.6. The van der Waals surface area contributed by atoms with Crippen LogP contribution in [0, 0.1) is 0 Å². The third-order valence-electron chi connectivity index (χ3n) is 3.63. The Hall–Kier alpha value is -1.34. The van der Waals surface area contributed by atoms with Gasteiger partial charge in [0.15, 0.2) is 6.61 Å². The molecule has 0 radical (unpaired) electrons. The topological polar surface area (TPSA) is 64.6 Å². The number of hydrogen-bond acceptors (Lipinski definition) is 6. The summed E-state index contributed by atoms with van der Waals surface area (Å²) in [6.45, 7) is -0.272. The summed E-state index contributed by atoms with van der Waals surface area (Å²) in [5.41, 5.74) is 0.563. The molecule has 0 unspecified atom stereocenters. The second kappa shape index (κ2) is 10.5. The van der Waals surface area contributed by atoms with Crippen LogP contribution in [0.3, 0.4) is 0 Å². The first-order valence-corrected chi connectivity index (χ1v) is 10.4. The number of unbranched alkanes of at least 4 members (excludes halogenated alkanes) is 1. The molecule has 132 valence electrons. The number of carbonyl (C=O) groups is 2. The Morgan fingerprint density at radius 1 is 1.29 bits per heavy atom. The Kier molecular flexibility index (Phi) is 8.32. The van der Waals surface area contributed by atoms with E-state index in [0.29, 0.717) is 17.9 Å². The summed E-state index contributed by atoms with van der Waals surface area (Å²) < 4.78 is 10.2. The molecular weight excluding hydrogens is 346 g/mol. The van der Waals surface area contributed by atoms with Gasteiger partial charge in [0.1, 0.15) is 5.75 Å². The zero-order valence-electron chi connectivity index (χ0n) is 13.8. The number of nitrogens with one attached hydrogen (secondary N) is 1. The third-order valence-corrected chi connectivity index (χ3v) is 6.64. The predicted molar refractivity (Wildman–Crippen MR) is 99.5 cm³/mol. The van der Waals surface area contributed by atoms with Gasteiger partial charge < -0.3 is 14.8 Å². The lowest BCUT2D eigenvalue weighted by atomic mass is 10.1. The van der Waals surface area contributed by atoms with Gasteiger partial charge in [-0.05, 0) is 31.4 Å². The number of esters is 1. The zero-order chi connectivity index (χ0) is 17.2. The summed E-state index contributed by atoms with van der Waals surface area (Å²) in [6, 6.07) is 7.10. The van der Waals surface area contributed by atoms with E-state index >= 15 is 0 Å². The summed E-state index contributed by atoms with van der Waals surface area (Å²) in [5.74, 6) is 1.12. The number of para-hydroxylation sites is 2. The summed E-state index contributed by atoms with van der Waals surface area (Å²) in [7, 11) is 5.42. The Bertz CT molecular complexity index is 547. The molecule has 1 saturated heterocycles. The summed E-state index contributed by atoms with van der Waals surface area (Å²) >= 11 is 0. The average Bonchev–Trinajstić information content (AvgIpc) is 3.11. The second-order valence-corrected chi connectivity index (χ2v) is 8.27. The Morgan fingerprint density at radius 2 is 2.12 bits per heavy atom. The van der Waals surface area contributed by atoms with E-state index in [2.05, 4.69) is 5.32 Å². The maximum atomic E-state index is 11.8. The largest absolute Gasteiger partial charge is 0.495 e. The van der Waals surface area contributed by atoms with Crippen molar-refractivity contribution >= 4 is 39.2 Å². The fourth-order valence-electron chi connectivity index (χ4n) is 2.36. The fraction of sp³-hybridized carbons (Fsp3) is 0.529. The minimum absolute atomic E-state index is 0.272. The number of benzene rings is 1. The second-order valence-electron chi connectivity index (χ2n) is 5.48. The molecule has 0 aliphatic carbocycles.